The maximum Gasteiger partial charge on any atom is 0.135 e. The van der Waals surface area contributed by atoms with Gasteiger partial charge in [-0.2, -0.15) is 0 Å². The third-order valence-electron chi connectivity index (χ3n) is 13.2. The van der Waals surface area contributed by atoms with Gasteiger partial charge >= 0.3 is 0 Å². The lowest BCUT2D eigenvalue weighted by molar-refractivity contribution is 0.223. The van der Waals surface area contributed by atoms with Gasteiger partial charge < -0.3 is 14.1 Å². The molecule has 2 heterocycles. The Hall–Kier alpha value is -8.14. The van der Waals surface area contributed by atoms with Crippen molar-refractivity contribution >= 4 is 66.6 Å². The Balaban J connectivity index is 1.03. The molecule has 0 bridgehead atoms. The molecule has 3 nitrogen and oxygen atoms in total. The zero-order valence-electron chi connectivity index (χ0n) is 34.3. The molecule has 0 saturated heterocycles. The second-order valence-corrected chi connectivity index (χ2v) is 16.7. The summed E-state index contributed by atoms with van der Waals surface area (Å²) in [6.45, 7) is 0. The Morgan fingerprint density at radius 3 is 2.08 bits per heavy atom. The van der Waals surface area contributed by atoms with Crippen LogP contribution in [0.1, 0.15) is 28.7 Å². The molecular formula is C60H39NO2. The topological polar surface area (TPSA) is 25.6 Å². The van der Waals surface area contributed by atoms with Crippen molar-refractivity contribution in [2.75, 3.05) is 4.90 Å². The summed E-state index contributed by atoms with van der Waals surface area (Å²) >= 11 is 0. The van der Waals surface area contributed by atoms with Crippen LogP contribution in [-0.4, -0.2) is 0 Å². The van der Waals surface area contributed by atoms with E-state index >= 15 is 0 Å². The van der Waals surface area contributed by atoms with E-state index in [9.17, 15) is 0 Å². The molecule has 0 spiro atoms. The molecule has 1 aromatic heterocycles. The Morgan fingerprint density at radius 2 is 1.16 bits per heavy atom. The van der Waals surface area contributed by atoms with Gasteiger partial charge in [0.2, 0.25) is 0 Å². The van der Waals surface area contributed by atoms with E-state index in [-0.39, 0.29) is 12.0 Å². The summed E-state index contributed by atoms with van der Waals surface area (Å²) in [5.74, 6) is 0.962. The minimum atomic E-state index is -0.106. The first kappa shape index (κ1) is 35.6. The summed E-state index contributed by atoms with van der Waals surface area (Å²) in [6, 6.07) is 76.7. The lowest BCUT2D eigenvalue weighted by Gasteiger charge is -2.31. The van der Waals surface area contributed by atoms with Crippen molar-refractivity contribution < 1.29 is 9.15 Å². The summed E-state index contributed by atoms with van der Waals surface area (Å²) in [5, 5.41) is 7.24. The van der Waals surface area contributed by atoms with Crippen LogP contribution < -0.4 is 9.64 Å². The minimum Gasteiger partial charge on any atom is -0.484 e. The van der Waals surface area contributed by atoms with Crippen molar-refractivity contribution in [1.29, 1.82) is 0 Å². The van der Waals surface area contributed by atoms with Gasteiger partial charge in [0.05, 0.1) is 11.4 Å². The summed E-state index contributed by atoms with van der Waals surface area (Å²) in [5.41, 5.74) is 15.6. The van der Waals surface area contributed by atoms with Crippen LogP contribution in [0.5, 0.6) is 5.75 Å². The minimum absolute atomic E-state index is 0.0408. The van der Waals surface area contributed by atoms with Crippen molar-refractivity contribution in [3.05, 3.63) is 235 Å². The lowest BCUT2D eigenvalue weighted by Crippen LogP contribution is -2.16. The summed E-state index contributed by atoms with van der Waals surface area (Å²) in [7, 11) is 0. The van der Waals surface area contributed by atoms with E-state index in [4.69, 9.17) is 9.15 Å². The van der Waals surface area contributed by atoms with Crippen molar-refractivity contribution in [3.63, 3.8) is 0 Å². The quantitative estimate of drug-likeness (QED) is 0.157. The van der Waals surface area contributed by atoms with E-state index in [0.717, 1.165) is 72.6 Å². The molecule has 1 aliphatic heterocycles. The van der Waals surface area contributed by atoms with Crippen LogP contribution in [0.4, 0.5) is 17.1 Å². The third kappa shape index (κ3) is 5.74. The number of rotatable bonds is 6. The maximum atomic E-state index is 6.94. The normalized spacial score (nSPS) is 15.0. The van der Waals surface area contributed by atoms with Gasteiger partial charge in [0.25, 0.3) is 0 Å². The number of fused-ring (bicyclic) bond motifs is 11. The average Bonchev–Trinajstić information content (AvgIpc) is 3.93. The molecule has 3 heteroatoms. The number of ether oxygens (including phenoxy) is 1. The van der Waals surface area contributed by atoms with Crippen LogP contribution >= 0.6 is 0 Å². The zero-order chi connectivity index (χ0) is 41.4. The SMILES string of the molecule is C1=CC2c3c(cccc3N(c3ccc(-c4ccc5oc6ccccc6c5c4)cc3)c3cc(-c4cccc5c4ccc4ccccc45)ccc3-c3ccccc3)OC2c2ccccc21. The molecule has 63 heavy (non-hydrogen) atoms. The van der Waals surface area contributed by atoms with Gasteiger partial charge in [-0.15, -0.1) is 0 Å². The van der Waals surface area contributed by atoms with Gasteiger partial charge in [-0.3, -0.25) is 0 Å². The highest BCUT2D eigenvalue weighted by Gasteiger charge is 2.40. The second-order valence-electron chi connectivity index (χ2n) is 16.7. The summed E-state index contributed by atoms with van der Waals surface area (Å²) < 4.78 is 13.1. The van der Waals surface area contributed by atoms with Crippen molar-refractivity contribution in [3.8, 4) is 39.1 Å². The predicted octanol–water partition coefficient (Wildman–Crippen LogP) is 16.6. The molecule has 0 fully saturated rings. The summed E-state index contributed by atoms with van der Waals surface area (Å²) in [4.78, 5) is 2.47. The van der Waals surface area contributed by atoms with Gasteiger partial charge in [0, 0.05) is 39.1 Å². The standard InChI is InChI=1S/C60H39NO2/c1-2-12-39(13-3-1)47-32-28-43(46-19-10-20-49-45-16-6-4-14-40(45)26-33-50(46)49)37-55(47)61(54-21-11-23-58-59(54)52-34-27-41-15-5-7-17-48(41)60(52)63-58)44-30-24-38(25-31-44)42-29-35-57-53(36-42)51-18-8-9-22-56(51)62-57/h1-37,52,60H. The van der Waals surface area contributed by atoms with Crippen molar-refractivity contribution in [1.82, 2.24) is 0 Å². The lowest BCUT2D eigenvalue weighted by atomic mass is 9.83. The first-order chi connectivity index (χ1) is 31.2. The highest BCUT2D eigenvalue weighted by molar-refractivity contribution is 6.12. The molecule has 2 atom stereocenters. The van der Waals surface area contributed by atoms with E-state index in [0.29, 0.717) is 0 Å². The largest absolute Gasteiger partial charge is 0.484 e. The number of furan rings is 1. The molecule has 0 radical (unpaired) electrons. The maximum absolute atomic E-state index is 6.94. The Kier molecular flexibility index (Phi) is 8.04. The van der Waals surface area contributed by atoms with Crippen molar-refractivity contribution in [2.24, 2.45) is 0 Å². The number of hydrogen-bond acceptors (Lipinski definition) is 3. The second kappa shape index (κ2) is 14.2. The molecule has 13 rings (SSSR count). The molecule has 1 aliphatic carbocycles. The number of hydrogen-bond donors (Lipinski definition) is 0. The van der Waals surface area contributed by atoms with Gasteiger partial charge in [0.1, 0.15) is 23.0 Å². The third-order valence-corrected chi connectivity index (χ3v) is 13.2. The summed E-state index contributed by atoms with van der Waals surface area (Å²) in [6.07, 6.45) is 4.50. The molecule has 11 aromatic rings. The molecule has 0 saturated carbocycles. The highest BCUT2D eigenvalue weighted by atomic mass is 16.5. The fraction of sp³-hybridized carbons (Fsp3) is 0.0333. The smallest absolute Gasteiger partial charge is 0.135 e. The Labute approximate surface area is 365 Å². The first-order valence-electron chi connectivity index (χ1n) is 21.7. The van der Waals surface area contributed by atoms with Gasteiger partial charge in [-0.25, -0.2) is 0 Å². The van der Waals surface area contributed by atoms with E-state index in [1.807, 2.05) is 12.1 Å². The number of nitrogens with zero attached hydrogens (tertiary/aromatic N) is 1. The predicted molar refractivity (Wildman–Crippen MR) is 261 cm³/mol. The highest BCUT2D eigenvalue weighted by Crippen LogP contribution is 2.56. The average molecular weight is 806 g/mol. The van der Waals surface area contributed by atoms with Crippen LogP contribution in [0.15, 0.2) is 223 Å². The van der Waals surface area contributed by atoms with Crippen LogP contribution in [0.25, 0.3) is 82.9 Å². The molecule has 0 N–H and O–H groups in total. The first-order valence-corrected chi connectivity index (χ1v) is 21.7. The number of benzene rings is 10. The number of para-hydroxylation sites is 1. The van der Waals surface area contributed by atoms with E-state index < -0.39 is 0 Å². The van der Waals surface area contributed by atoms with E-state index in [1.54, 1.807) is 0 Å². The van der Waals surface area contributed by atoms with Crippen LogP contribution in [-0.2, 0) is 0 Å². The van der Waals surface area contributed by atoms with E-state index in [1.165, 1.54) is 43.8 Å². The van der Waals surface area contributed by atoms with Gasteiger partial charge in [-0.05, 0) is 103 Å². The fourth-order valence-electron chi connectivity index (χ4n) is 10.3. The van der Waals surface area contributed by atoms with E-state index in [2.05, 4.69) is 217 Å². The molecule has 0 amide bonds. The van der Waals surface area contributed by atoms with Gasteiger partial charge in [0.15, 0.2) is 0 Å². The Morgan fingerprint density at radius 1 is 0.413 bits per heavy atom. The molecular weight excluding hydrogens is 767 g/mol. The van der Waals surface area contributed by atoms with Crippen LogP contribution in [0.2, 0.25) is 0 Å². The molecule has 296 valence electrons. The number of anilines is 3. The monoisotopic (exact) mass is 805 g/mol. The Bertz CT molecular complexity index is 3620. The van der Waals surface area contributed by atoms with Gasteiger partial charge in [-0.1, -0.05) is 176 Å². The van der Waals surface area contributed by atoms with Crippen molar-refractivity contribution in [2.45, 2.75) is 12.0 Å². The van der Waals surface area contributed by atoms with Crippen LogP contribution in [0, 0.1) is 0 Å². The molecule has 2 unspecified atom stereocenters. The molecule has 2 aliphatic rings. The molecule has 10 aromatic carbocycles. The zero-order valence-corrected chi connectivity index (χ0v) is 34.3. The fourth-order valence-corrected chi connectivity index (χ4v) is 10.3. The van der Waals surface area contributed by atoms with Crippen LogP contribution in [0.3, 0.4) is 0 Å².